The second-order valence-electron chi connectivity index (χ2n) is 7.60. The van der Waals surface area contributed by atoms with Crippen LogP contribution in [0.3, 0.4) is 0 Å². The molecular formula is C25H18N4O4S. The van der Waals surface area contributed by atoms with Crippen LogP contribution in [0.5, 0.6) is 5.75 Å². The van der Waals surface area contributed by atoms with Crippen LogP contribution in [0.2, 0.25) is 0 Å². The minimum Gasteiger partial charge on any atom is -0.496 e. The van der Waals surface area contributed by atoms with Gasteiger partial charge in [0.1, 0.15) is 11.4 Å². The SMILES string of the molecule is COc1ccc(CN2C(=O)c3ccccc3C2=O)cc1C(=O)Nc1ccc(-c2csnn2)cc1. The molecule has 8 nitrogen and oxygen atoms in total. The molecule has 0 radical (unpaired) electrons. The summed E-state index contributed by atoms with van der Waals surface area (Å²) in [6, 6.07) is 19.0. The third-order valence-corrected chi connectivity index (χ3v) is 6.03. The average molecular weight is 471 g/mol. The number of hydrogen-bond donors (Lipinski definition) is 1. The van der Waals surface area contributed by atoms with E-state index in [-0.39, 0.29) is 24.3 Å². The standard InChI is InChI=1S/C25H18N4O4S/c1-33-22-11-6-15(13-29-24(31)18-4-2-3-5-19(18)25(29)32)12-20(22)23(30)26-17-9-7-16(8-10-17)21-14-34-28-27-21/h2-12,14H,13H2,1H3,(H,26,30). The van der Waals surface area contributed by atoms with E-state index in [2.05, 4.69) is 14.9 Å². The molecule has 9 heteroatoms. The summed E-state index contributed by atoms with van der Waals surface area (Å²) < 4.78 is 9.22. The number of anilines is 1. The number of imide groups is 1. The van der Waals surface area contributed by atoms with E-state index < -0.39 is 0 Å². The van der Waals surface area contributed by atoms with Gasteiger partial charge in [0, 0.05) is 16.6 Å². The first-order valence-corrected chi connectivity index (χ1v) is 11.2. The van der Waals surface area contributed by atoms with Gasteiger partial charge >= 0.3 is 0 Å². The summed E-state index contributed by atoms with van der Waals surface area (Å²) in [6.45, 7) is 0.0486. The van der Waals surface area contributed by atoms with E-state index in [0.29, 0.717) is 33.7 Å². The van der Waals surface area contributed by atoms with Crippen molar-refractivity contribution in [3.63, 3.8) is 0 Å². The van der Waals surface area contributed by atoms with E-state index in [1.165, 1.54) is 23.5 Å². The highest BCUT2D eigenvalue weighted by atomic mass is 32.1. The molecule has 1 aromatic heterocycles. The molecule has 0 aliphatic carbocycles. The Morgan fingerprint density at radius 1 is 1.00 bits per heavy atom. The maximum atomic E-state index is 13.0. The highest BCUT2D eigenvalue weighted by molar-refractivity contribution is 7.03. The molecule has 1 aliphatic heterocycles. The average Bonchev–Trinajstić information content (AvgIpc) is 3.49. The van der Waals surface area contributed by atoms with Crippen molar-refractivity contribution in [2.75, 3.05) is 12.4 Å². The molecule has 3 amide bonds. The first kappa shape index (κ1) is 21.5. The number of nitrogens with zero attached hydrogens (tertiary/aromatic N) is 3. The van der Waals surface area contributed by atoms with Gasteiger partial charge in [-0.3, -0.25) is 19.3 Å². The van der Waals surface area contributed by atoms with E-state index in [9.17, 15) is 14.4 Å². The van der Waals surface area contributed by atoms with Crippen molar-refractivity contribution in [3.8, 4) is 17.0 Å². The molecule has 3 aromatic carbocycles. The number of benzene rings is 3. The van der Waals surface area contributed by atoms with Gasteiger partial charge in [-0.15, -0.1) is 5.10 Å². The Balaban J connectivity index is 1.35. The second-order valence-corrected chi connectivity index (χ2v) is 8.21. The minimum atomic E-state index is -0.371. The monoisotopic (exact) mass is 470 g/mol. The van der Waals surface area contributed by atoms with Gasteiger partial charge in [-0.05, 0) is 53.5 Å². The van der Waals surface area contributed by atoms with Gasteiger partial charge < -0.3 is 10.1 Å². The number of aromatic nitrogens is 2. The molecule has 0 fully saturated rings. The lowest BCUT2D eigenvalue weighted by Crippen LogP contribution is -2.29. The van der Waals surface area contributed by atoms with Gasteiger partial charge in [0.15, 0.2) is 0 Å². The molecule has 1 aliphatic rings. The van der Waals surface area contributed by atoms with Crippen molar-refractivity contribution >= 4 is 34.9 Å². The molecule has 2 heterocycles. The fourth-order valence-corrected chi connectivity index (χ4v) is 4.27. The fourth-order valence-electron chi connectivity index (χ4n) is 3.81. The van der Waals surface area contributed by atoms with Crippen LogP contribution in [0.1, 0.15) is 36.6 Å². The highest BCUT2D eigenvalue weighted by Gasteiger charge is 2.35. The van der Waals surface area contributed by atoms with Gasteiger partial charge in [0.25, 0.3) is 17.7 Å². The molecule has 4 aromatic rings. The van der Waals surface area contributed by atoms with Crippen molar-refractivity contribution in [2.45, 2.75) is 6.54 Å². The molecule has 34 heavy (non-hydrogen) atoms. The number of carbonyl (C=O) groups is 3. The Morgan fingerprint density at radius 2 is 1.71 bits per heavy atom. The van der Waals surface area contributed by atoms with Crippen LogP contribution in [0.4, 0.5) is 5.69 Å². The fraction of sp³-hybridized carbons (Fsp3) is 0.0800. The molecule has 0 unspecified atom stereocenters. The number of nitrogens with one attached hydrogen (secondary N) is 1. The van der Waals surface area contributed by atoms with Crippen molar-refractivity contribution in [3.05, 3.63) is 94.4 Å². The lowest BCUT2D eigenvalue weighted by Gasteiger charge is -2.16. The summed E-state index contributed by atoms with van der Waals surface area (Å²) in [5.41, 5.74) is 3.96. The second kappa shape index (κ2) is 8.87. The maximum Gasteiger partial charge on any atom is 0.261 e. The minimum absolute atomic E-state index is 0.0486. The maximum absolute atomic E-state index is 13.0. The number of amides is 3. The predicted molar refractivity (Wildman–Crippen MR) is 127 cm³/mol. The predicted octanol–water partition coefficient (Wildman–Crippen LogP) is 4.26. The summed E-state index contributed by atoms with van der Waals surface area (Å²) in [5, 5.41) is 8.74. The van der Waals surface area contributed by atoms with Gasteiger partial charge in [0.05, 0.1) is 30.3 Å². The van der Waals surface area contributed by atoms with Crippen LogP contribution in [-0.2, 0) is 6.54 Å². The first-order valence-electron chi connectivity index (χ1n) is 10.4. The molecule has 5 rings (SSSR count). The zero-order valence-electron chi connectivity index (χ0n) is 18.0. The summed E-state index contributed by atoms with van der Waals surface area (Å²) in [5.74, 6) is -0.687. The number of ether oxygens (including phenoxy) is 1. The van der Waals surface area contributed by atoms with Crippen molar-refractivity contribution in [1.29, 1.82) is 0 Å². The molecule has 168 valence electrons. The summed E-state index contributed by atoms with van der Waals surface area (Å²) >= 11 is 1.27. The Labute approximate surface area is 199 Å². The van der Waals surface area contributed by atoms with Crippen LogP contribution in [0.25, 0.3) is 11.3 Å². The van der Waals surface area contributed by atoms with Crippen LogP contribution < -0.4 is 10.1 Å². The van der Waals surface area contributed by atoms with E-state index in [4.69, 9.17) is 4.74 Å². The van der Waals surface area contributed by atoms with Gasteiger partial charge in [0.2, 0.25) is 0 Å². The van der Waals surface area contributed by atoms with Gasteiger partial charge in [-0.2, -0.15) is 0 Å². The lowest BCUT2D eigenvalue weighted by molar-refractivity contribution is 0.0642. The molecule has 0 atom stereocenters. The topological polar surface area (TPSA) is 101 Å². The Hall–Kier alpha value is -4.37. The Morgan fingerprint density at radius 3 is 2.32 bits per heavy atom. The number of hydrogen-bond acceptors (Lipinski definition) is 7. The molecular weight excluding hydrogens is 452 g/mol. The first-order chi connectivity index (χ1) is 16.5. The molecule has 0 saturated heterocycles. The van der Waals surface area contributed by atoms with Crippen LogP contribution >= 0.6 is 11.5 Å². The number of rotatable bonds is 6. The van der Waals surface area contributed by atoms with E-state index in [1.54, 1.807) is 54.6 Å². The molecule has 1 N–H and O–H groups in total. The van der Waals surface area contributed by atoms with Gasteiger partial charge in [-0.25, -0.2) is 0 Å². The van der Waals surface area contributed by atoms with E-state index in [0.717, 1.165) is 11.3 Å². The number of carbonyl (C=O) groups excluding carboxylic acids is 3. The quantitative estimate of drug-likeness (QED) is 0.423. The van der Waals surface area contributed by atoms with Gasteiger partial charge in [-0.1, -0.05) is 34.8 Å². The normalized spacial score (nSPS) is 12.6. The van der Waals surface area contributed by atoms with Crippen LogP contribution in [0, 0.1) is 0 Å². The smallest absolute Gasteiger partial charge is 0.261 e. The summed E-state index contributed by atoms with van der Waals surface area (Å²) in [4.78, 5) is 39.6. The van der Waals surface area contributed by atoms with Crippen molar-refractivity contribution in [1.82, 2.24) is 14.5 Å². The third-order valence-electron chi connectivity index (χ3n) is 5.53. The summed E-state index contributed by atoms with van der Waals surface area (Å²) in [7, 11) is 1.48. The molecule has 0 spiro atoms. The third kappa shape index (κ3) is 3.93. The van der Waals surface area contributed by atoms with Crippen molar-refractivity contribution < 1.29 is 19.1 Å². The van der Waals surface area contributed by atoms with Crippen LogP contribution in [-0.4, -0.2) is 39.3 Å². The van der Waals surface area contributed by atoms with Crippen molar-refractivity contribution in [2.24, 2.45) is 0 Å². The number of methoxy groups -OCH3 is 1. The Bertz CT molecular complexity index is 1370. The van der Waals surface area contributed by atoms with Crippen LogP contribution in [0.15, 0.2) is 72.1 Å². The summed E-state index contributed by atoms with van der Waals surface area (Å²) in [6.07, 6.45) is 0. The zero-order chi connectivity index (χ0) is 23.7. The lowest BCUT2D eigenvalue weighted by atomic mass is 10.1. The number of fused-ring (bicyclic) bond motifs is 1. The molecule has 0 bridgehead atoms. The molecule has 0 saturated carbocycles. The van der Waals surface area contributed by atoms with E-state index >= 15 is 0 Å². The largest absolute Gasteiger partial charge is 0.496 e. The zero-order valence-corrected chi connectivity index (χ0v) is 18.8. The Kier molecular flexibility index (Phi) is 5.60. The highest BCUT2D eigenvalue weighted by Crippen LogP contribution is 2.27. The van der Waals surface area contributed by atoms with E-state index in [1.807, 2.05) is 17.5 Å².